The van der Waals surface area contributed by atoms with Gasteiger partial charge in [-0.2, -0.15) is 5.10 Å². The van der Waals surface area contributed by atoms with E-state index >= 15 is 0 Å². The fourth-order valence-electron chi connectivity index (χ4n) is 3.83. The zero-order valence-corrected chi connectivity index (χ0v) is 15.7. The Morgan fingerprint density at radius 3 is 2.89 bits per heavy atom. The maximum Gasteiger partial charge on any atom is 0.254 e. The Balaban J connectivity index is 1.49. The molecular weight excluding hydrogens is 354 g/mol. The number of pyridine rings is 1. The average molecular weight is 373 g/mol. The van der Waals surface area contributed by atoms with Gasteiger partial charge in [0, 0.05) is 55.5 Å². The van der Waals surface area contributed by atoms with Crippen LogP contribution in [0.4, 0.5) is 0 Å². The summed E-state index contributed by atoms with van der Waals surface area (Å²) in [6.07, 6.45) is 4.18. The first-order chi connectivity index (χ1) is 13.6. The van der Waals surface area contributed by atoms with E-state index < -0.39 is 0 Å². The van der Waals surface area contributed by atoms with E-state index in [1.165, 1.54) is 0 Å². The zero-order chi connectivity index (χ0) is 19.3. The van der Waals surface area contributed by atoms with Crippen molar-refractivity contribution >= 4 is 16.8 Å². The van der Waals surface area contributed by atoms with Crippen molar-refractivity contribution in [2.45, 2.75) is 13.0 Å². The van der Waals surface area contributed by atoms with Crippen molar-refractivity contribution in [2.75, 3.05) is 6.54 Å². The molecule has 0 aliphatic carbocycles. The van der Waals surface area contributed by atoms with E-state index in [0.717, 1.165) is 34.3 Å². The Kier molecular flexibility index (Phi) is 3.71. The number of fused-ring (bicyclic) bond motifs is 2. The number of nitrogens with zero attached hydrogens (tertiary/aromatic N) is 7. The minimum atomic E-state index is 0.0178. The number of benzene rings is 1. The van der Waals surface area contributed by atoms with Gasteiger partial charge in [0.1, 0.15) is 12.0 Å². The highest BCUT2D eigenvalue weighted by molar-refractivity contribution is 5.98. The van der Waals surface area contributed by atoms with Gasteiger partial charge < -0.3 is 9.47 Å². The van der Waals surface area contributed by atoms with Crippen LogP contribution in [0.5, 0.6) is 0 Å². The predicted octanol–water partition coefficient (Wildman–Crippen LogP) is 1.96. The largest absolute Gasteiger partial charge is 0.334 e. The van der Waals surface area contributed by atoms with Gasteiger partial charge in [-0.05, 0) is 24.3 Å². The number of hydrogen-bond donors (Lipinski definition) is 0. The van der Waals surface area contributed by atoms with E-state index in [1.807, 2.05) is 58.6 Å². The molecule has 1 aliphatic heterocycles. The Labute approximate surface area is 161 Å². The molecule has 28 heavy (non-hydrogen) atoms. The fourth-order valence-corrected chi connectivity index (χ4v) is 3.83. The number of carbonyl (C=O) groups excluding carboxylic acids is 1. The average Bonchev–Trinajstić information content (AvgIpc) is 3.29. The van der Waals surface area contributed by atoms with Crippen molar-refractivity contribution in [1.82, 2.24) is 34.4 Å². The van der Waals surface area contributed by atoms with Crippen molar-refractivity contribution in [3.05, 3.63) is 59.7 Å². The van der Waals surface area contributed by atoms with Crippen molar-refractivity contribution in [1.29, 1.82) is 0 Å². The molecule has 3 aromatic heterocycles. The van der Waals surface area contributed by atoms with E-state index in [4.69, 9.17) is 0 Å². The minimum absolute atomic E-state index is 0.0178. The minimum Gasteiger partial charge on any atom is -0.334 e. The van der Waals surface area contributed by atoms with Crippen molar-refractivity contribution in [2.24, 2.45) is 14.1 Å². The first-order valence-electron chi connectivity index (χ1n) is 9.15. The fraction of sp³-hybridized carbons (Fsp3) is 0.250. The van der Waals surface area contributed by atoms with E-state index in [1.54, 1.807) is 12.5 Å². The standard InChI is InChI=1S/C20H19N7O/c1-25-12-22-23-19(25)18-15-11-27(9-7-17(15)26(2)24-18)20(28)14-5-6-16-13(10-14)4-3-8-21-16/h3-6,8,10,12H,7,9,11H2,1-2H3. The quantitative estimate of drug-likeness (QED) is 0.536. The third kappa shape index (κ3) is 2.57. The molecule has 0 unspecified atom stereocenters. The van der Waals surface area contributed by atoms with Crippen LogP contribution in [-0.2, 0) is 27.1 Å². The van der Waals surface area contributed by atoms with Crippen LogP contribution in [0.25, 0.3) is 22.4 Å². The van der Waals surface area contributed by atoms with E-state index in [0.29, 0.717) is 24.5 Å². The summed E-state index contributed by atoms with van der Waals surface area (Å²) in [7, 11) is 3.83. The van der Waals surface area contributed by atoms with Crippen molar-refractivity contribution < 1.29 is 4.79 Å². The monoisotopic (exact) mass is 373 g/mol. The molecule has 4 aromatic rings. The second-order valence-electron chi connectivity index (χ2n) is 7.05. The van der Waals surface area contributed by atoms with Gasteiger partial charge in [0.15, 0.2) is 5.82 Å². The summed E-state index contributed by atoms with van der Waals surface area (Å²) >= 11 is 0. The highest BCUT2D eigenvalue weighted by Crippen LogP contribution is 2.29. The molecule has 5 rings (SSSR count). The molecule has 8 nitrogen and oxygen atoms in total. The summed E-state index contributed by atoms with van der Waals surface area (Å²) in [5, 5.41) is 13.8. The van der Waals surface area contributed by atoms with E-state index in [-0.39, 0.29) is 5.91 Å². The molecule has 0 radical (unpaired) electrons. The Bertz CT molecular complexity index is 1210. The van der Waals surface area contributed by atoms with Crippen molar-refractivity contribution in [3.63, 3.8) is 0 Å². The molecule has 1 aromatic carbocycles. The smallest absolute Gasteiger partial charge is 0.254 e. The lowest BCUT2D eigenvalue weighted by atomic mass is 10.0. The number of hydrogen-bond acceptors (Lipinski definition) is 5. The van der Waals surface area contributed by atoms with Crippen LogP contribution in [-0.4, -0.2) is 46.9 Å². The highest BCUT2D eigenvalue weighted by atomic mass is 16.2. The second kappa shape index (κ2) is 6.26. The topological polar surface area (TPSA) is 81.7 Å². The second-order valence-corrected chi connectivity index (χ2v) is 7.05. The van der Waals surface area contributed by atoms with Crippen LogP contribution in [0, 0.1) is 0 Å². The summed E-state index contributed by atoms with van der Waals surface area (Å²) in [6.45, 7) is 1.17. The molecule has 8 heteroatoms. The lowest BCUT2D eigenvalue weighted by Gasteiger charge is -2.27. The van der Waals surface area contributed by atoms with Crippen LogP contribution in [0.3, 0.4) is 0 Å². The molecule has 140 valence electrons. The predicted molar refractivity (Wildman–Crippen MR) is 103 cm³/mol. The third-order valence-corrected chi connectivity index (χ3v) is 5.30. The Hall–Kier alpha value is -3.55. The van der Waals surface area contributed by atoms with Crippen LogP contribution in [0.2, 0.25) is 0 Å². The maximum atomic E-state index is 13.2. The van der Waals surface area contributed by atoms with Crippen LogP contribution in [0.15, 0.2) is 42.9 Å². The number of aryl methyl sites for hydroxylation is 2. The van der Waals surface area contributed by atoms with Crippen LogP contribution in [0.1, 0.15) is 21.6 Å². The molecule has 0 N–H and O–H groups in total. The third-order valence-electron chi connectivity index (χ3n) is 5.30. The molecule has 1 aliphatic rings. The molecule has 4 heterocycles. The van der Waals surface area contributed by atoms with Crippen molar-refractivity contribution in [3.8, 4) is 11.5 Å². The van der Waals surface area contributed by atoms with Gasteiger partial charge in [0.25, 0.3) is 5.91 Å². The van der Waals surface area contributed by atoms with Crippen LogP contribution < -0.4 is 0 Å². The normalized spacial score (nSPS) is 13.7. The first-order valence-corrected chi connectivity index (χ1v) is 9.15. The van der Waals surface area contributed by atoms with Gasteiger partial charge in [0.2, 0.25) is 0 Å². The van der Waals surface area contributed by atoms with Gasteiger partial charge in [-0.15, -0.1) is 10.2 Å². The number of rotatable bonds is 2. The van der Waals surface area contributed by atoms with Crippen LogP contribution >= 0.6 is 0 Å². The maximum absolute atomic E-state index is 13.2. The molecule has 0 bridgehead atoms. The Morgan fingerprint density at radius 1 is 1.18 bits per heavy atom. The van der Waals surface area contributed by atoms with Gasteiger partial charge in [0.05, 0.1) is 12.1 Å². The van der Waals surface area contributed by atoms with Gasteiger partial charge in [-0.25, -0.2) is 0 Å². The number of aromatic nitrogens is 6. The SMILES string of the molecule is Cn1cnnc1-c1nn(C)c2c1CN(C(=O)c1ccc3ncccc3c1)CC2. The molecule has 0 fully saturated rings. The molecule has 0 atom stereocenters. The summed E-state index contributed by atoms with van der Waals surface area (Å²) in [6, 6.07) is 9.51. The lowest BCUT2D eigenvalue weighted by molar-refractivity contribution is 0.0734. The zero-order valence-electron chi connectivity index (χ0n) is 15.7. The summed E-state index contributed by atoms with van der Waals surface area (Å²) < 4.78 is 3.74. The first kappa shape index (κ1) is 16.6. The lowest BCUT2D eigenvalue weighted by Crippen LogP contribution is -2.36. The van der Waals surface area contributed by atoms with Gasteiger partial charge in [-0.3, -0.25) is 14.5 Å². The molecule has 0 saturated carbocycles. The number of carbonyl (C=O) groups is 1. The molecular formula is C20H19N7O. The summed E-state index contributed by atoms with van der Waals surface area (Å²) in [4.78, 5) is 19.4. The molecule has 0 saturated heterocycles. The Morgan fingerprint density at radius 2 is 2.07 bits per heavy atom. The summed E-state index contributed by atoms with van der Waals surface area (Å²) in [5.41, 5.74) is 4.54. The highest BCUT2D eigenvalue weighted by Gasteiger charge is 2.29. The van der Waals surface area contributed by atoms with E-state index in [2.05, 4.69) is 20.3 Å². The van der Waals surface area contributed by atoms with Gasteiger partial charge >= 0.3 is 0 Å². The van der Waals surface area contributed by atoms with Gasteiger partial charge in [-0.1, -0.05) is 6.07 Å². The molecule has 0 spiro atoms. The number of amides is 1. The molecule has 1 amide bonds. The van der Waals surface area contributed by atoms with E-state index in [9.17, 15) is 4.79 Å². The summed E-state index contributed by atoms with van der Waals surface area (Å²) in [5.74, 6) is 0.729.